The summed E-state index contributed by atoms with van der Waals surface area (Å²) in [6, 6.07) is 8.65. The molecule has 1 unspecified atom stereocenters. The summed E-state index contributed by atoms with van der Waals surface area (Å²) in [7, 11) is 0. The van der Waals surface area contributed by atoms with Gasteiger partial charge in [-0.25, -0.2) is 0 Å². The third kappa shape index (κ3) is 2.22. The number of nitrogens with zero attached hydrogens (tertiary/aromatic N) is 1. The summed E-state index contributed by atoms with van der Waals surface area (Å²) < 4.78 is 0. The molecular formula is C14H22N2. The van der Waals surface area contributed by atoms with Crippen molar-refractivity contribution in [2.45, 2.75) is 32.7 Å². The van der Waals surface area contributed by atoms with E-state index in [1.165, 1.54) is 37.2 Å². The first-order valence-electron chi connectivity index (χ1n) is 6.31. The number of rotatable bonds is 4. The lowest BCUT2D eigenvalue weighted by molar-refractivity contribution is 0.379. The Balaban J connectivity index is 2.05. The number of benzene rings is 1. The molecule has 1 aliphatic heterocycles. The fourth-order valence-corrected chi connectivity index (χ4v) is 2.52. The largest absolute Gasteiger partial charge is 0.371 e. The Morgan fingerprint density at radius 3 is 2.69 bits per heavy atom. The van der Waals surface area contributed by atoms with Crippen LogP contribution in [0.15, 0.2) is 24.3 Å². The van der Waals surface area contributed by atoms with Gasteiger partial charge in [0.05, 0.1) is 0 Å². The fourth-order valence-electron chi connectivity index (χ4n) is 2.52. The molecule has 2 heteroatoms. The predicted molar refractivity (Wildman–Crippen MR) is 69.7 cm³/mol. The number of anilines is 1. The van der Waals surface area contributed by atoms with Crippen molar-refractivity contribution >= 4 is 5.69 Å². The Bertz CT molecular complexity index is 340. The third-order valence-corrected chi connectivity index (χ3v) is 3.42. The van der Waals surface area contributed by atoms with Crippen LogP contribution in [0.1, 0.15) is 38.3 Å². The van der Waals surface area contributed by atoms with Crippen LogP contribution in [0.3, 0.4) is 0 Å². The number of nitrogens with two attached hydrogens (primary N) is 1. The lowest BCUT2D eigenvalue weighted by atomic mass is 9.93. The molecule has 16 heavy (non-hydrogen) atoms. The molecule has 1 aromatic rings. The minimum Gasteiger partial charge on any atom is -0.371 e. The minimum absolute atomic E-state index is 0.126. The third-order valence-electron chi connectivity index (χ3n) is 3.42. The van der Waals surface area contributed by atoms with Gasteiger partial charge >= 0.3 is 0 Å². The van der Waals surface area contributed by atoms with Crippen molar-refractivity contribution in [3.8, 4) is 0 Å². The molecule has 88 valence electrons. The van der Waals surface area contributed by atoms with E-state index >= 15 is 0 Å². The summed E-state index contributed by atoms with van der Waals surface area (Å²) >= 11 is 0. The molecule has 0 spiro atoms. The first-order valence-corrected chi connectivity index (χ1v) is 6.31. The van der Waals surface area contributed by atoms with Crippen LogP contribution in [0.5, 0.6) is 0 Å². The minimum atomic E-state index is 0.126. The topological polar surface area (TPSA) is 29.3 Å². The zero-order chi connectivity index (χ0) is 11.5. The predicted octanol–water partition coefficient (Wildman–Crippen LogP) is 2.94. The Labute approximate surface area is 98.4 Å². The summed E-state index contributed by atoms with van der Waals surface area (Å²) in [5.41, 5.74) is 8.61. The molecule has 0 aromatic heterocycles. The van der Waals surface area contributed by atoms with E-state index in [0.717, 1.165) is 5.92 Å². The van der Waals surface area contributed by atoms with Gasteiger partial charge in [0.2, 0.25) is 0 Å². The molecule has 1 saturated heterocycles. The van der Waals surface area contributed by atoms with Crippen molar-refractivity contribution in [3.63, 3.8) is 0 Å². The van der Waals surface area contributed by atoms with Crippen LogP contribution in [-0.2, 0) is 0 Å². The van der Waals surface area contributed by atoms with Crippen molar-refractivity contribution in [2.75, 3.05) is 18.0 Å². The summed E-state index contributed by atoms with van der Waals surface area (Å²) in [5.74, 6) is 0.895. The van der Waals surface area contributed by atoms with Gasteiger partial charge in [-0.15, -0.1) is 0 Å². The molecule has 1 fully saturated rings. The molecule has 0 radical (unpaired) electrons. The summed E-state index contributed by atoms with van der Waals surface area (Å²) in [6.07, 6.45) is 2.66. The normalized spacial score (nSPS) is 18.3. The summed E-state index contributed by atoms with van der Waals surface area (Å²) in [5, 5.41) is 0. The second kappa shape index (κ2) is 4.88. The Hall–Kier alpha value is -1.02. The molecule has 2 N–H and O–H groups in total. The lowest BCUT2D eigenvalue weighted by Gasteiger charge is -2.42. The number of hydrogen-bond acceptors (Lipinski definition) is 2. The van der Waals surface area contributed by atoms with Crippen molar-refractivity contribution in [3.05, 3.63) is 29.8 Å². The van der Waals surface area contributed by atoms with E-state index in [1.807, 2.05) is 0 Å². The zero-order valence-corrected chi connectivity index (χ0v) is 10.3. The molecule has 1 aromatic carbocycles. The standard InChI is InChI=1S/C14H22N2/c1-3-6-12-9-16(10-12)14-8-5-4-7-13(14)11(2)15/h4-5,7-8,11-12H,3,6,9-10,15H2,1-2H3. The van der Waals surface area contributed by atoms with Gasteiger partial charge in [-0.05, 0) is 30.9 Å². The van der Waals surface area contributed by atoms with Crippen LogP contribution >= 0.6 is 0 Å². The highest BCUT2D eigenvalue weighted by atomic mass is 15.2. The first-order chi connectivity index (χ1) is 7.72. The van der Waals surface area contributed by atoms with Crippen molar-refractivity contribution in [1.82, 2.24) is 0 Å². The van der Waals surface area contributed by atoms with E-state index in [2.05, 4.69) is 43.0 Å². The molecule has 0 aliphatic carbocycles. The summed E-state index contributed by atoms with van der Waals surface area (Å²) in [6.45, 7) is 6.73. The van der Waals surface area contributed by atoms with Crippen LogP contribution in [0.2, 0.25) is 0 Å². The highest BCUT2D eigenvalue weighted by molar-refractivity contribution is 5.56. The highest BCUT2D eigenvalue weighted by Gasteiger charge is 2.27. The molecule has 1 heterocycles. The quantitative estimate of drug-likeness (QED) is 0.842. The summed E-state index contributed by atoms with van der Waals surface area (Å²) in [4.78, 5) is 2.46. The molecule has 2 rings (SSSR count). The van der Waals surface area contributed by atoms with Gasteiger partial charge < -0.3 is 10.6 Å². The van der Waals surface area contributed by atoms with Gasteiger partial charge in [0, 0.05) is 24.8 Å². The first kappa shape index (κ1) is 11.5. The molecular weight excluding hydrogens is 196 g/mol. The monoisotopic (exact) mass is 218 g/mol. The van der Waals surface area contributed by atoms with Gasteiger partial charge in [0.25, 0.3) is 0 Å². The number of para-hydroxylation sites is 1. The van der Waals surface area contributed by atoms with E-state index < -0.39 is 0 Å². The van der Waals surface area contributed by atoms with Gasteiger partial charge in [0.15, 0.2) is 0 Å². The smallest absolute Gasteiger partial charge is 0.0414 e. The van der Waals surface area contributed by atoms with Gasteiger partial charge in [-0.2, -0.15) is 0 Å². The maximum atomic E-state index is 6.00. The van der Waals surface area contributed by atoms with Crippen LogP contribution in [-0.4, -0.2) is 13.1 Å². The van der Waals surface area contributed by atoms with Crippen LogP contribution in [0.25, 0.3) is 0 Å². The highest BCUT2D eigenvalue weighted by Crippen LogP contribution is 2.32. The second-order valence-electron chi connectivity index (χ2n) is 4.91. The van der Waals surface area contributed by atoms with E-state index in [4.69, 9.17) is 5.73 Å². The van der Waals surface area contributed by atoms with E-state index in [9.17, 15) is 0 Å². The number of hydrogen-bond donors (Lipinski definition) is 1. The molecule has 0 bridgehead atoms. The van der Waals surface area contributed by atoms with E-state index in [0.29, 0.717) is 0 Å². The maximum Gasteiger partial charge on any atom is 0.0414 e. The molecule has 1 aliphatic rings. The van der Waals surface area contributed by atoms with E-state index in [-0.39, 0.29) is 6.04 Å². The van der Waals surface area contributed by atoms with Gasteiger partial charge in [0.1, 0.15) is 0 Å². The van der Waals surface area contributed by atoms with Gasteiger partial charge in [-0.3, -0.25) is 0 Å². The Morgan fingerprint density at radius 2 is 2.06 bits per heavy atom. The van der Waals surface area contributed by atoms with Crippen LogP contribution in [0.4, 0.5) is 5.69 Å². The van der Waals surface area contributed by atoms with Crippen molar-refractivity contribution < 1.29 is 0 Å². The molecule has 0 saturated carbocycles. The molecule has 0 amide bonds. The lowest BCUT2D eigenvalue weighted by Crippen LogP contribution is -2.47. The molecule has 2 nitrogen and oxygen atoms in total. The SMILES string of the molecule is CCCC1CN(c2ccccc2C(C)N)C1. The van der Waals surface area contributed by atoms with E-state index in [1.54, 1.807) is 0 Å². The fraction of sp³-hybridized carbons (Fsp3) is 0.571. The Kier molecular flexibility index (Phi) is 3.49. The van der Waals surface area contributed by atoms with Crippen molar-refractivity contribution in [1.29, 1.82) is 0 Å². The van der Waals surface area contributed by atoms with Gasteiger partial charge in [-0.1, -0.05) is 31.5 Å². The Morgan fingerprint density at radius 1 is 1.38 bits per heavy atom. The molecule has 1 atom stereocenters. The average Bonchev–Trinajstić information content (AvgIpc) is 2.23. The second-order valence-corrected chi connectivity index (χ2v) is 4.91. The van der Waals surface area contributed by atoms with Crippen LogP contribution < -0.4 is 10.6 Å². The average molecular weight is 218 g/mol. The van der Waals surface area contributed by atoms with Crippen LogP contribution in [0, 0.1) is 5.92 Å². The zero-order valence-electron chi connectivity index (χ0n) is 10.3. The van der Waals surface area contributed by atoms with Crippen molar-refractivity contribution in [2.24, 2.45) is 11.7 Å². The maximum absolute atomic E-state index is 6.00.